The second-order valence-electron chi connectivity index (χ2n) is 3.97. The number of nitrogens with zero attached hydrogens (tertiary/aromatic N) is 3. The van der Waals surface area contributed by atoms with Gasteiger partial charge in [-0.15, -0.1) is 16.4 Å². The molecule has 0 aliphatic rings. The standard InChI is InChI=1S/C12H16N4O2S/c1-3-16(6-7-18-2)12(17)10-9(13)8-4-5-14-15-11(8)19-10/h4-5H,3,6-7,13H2,1-2H3. The molecule has 0 atom stereocenters. The number of carbonyl (C=O) groups is 1. The number of nitrogens with two attached hydrogens (primary N) is 1. The van der Waals surface area contributed by atoms with Crippen LogP contribution < -0.4 is 5.73 Å². The Morgan fingerprint density at radius 1 is 1.58 bits per heavy atom. The second kappa shape index (κ2) is 5.94. The number of thiophene rings is 1. The van der Waals surface area contributed by atoms with Crippen molar-refractivity contribution in [2.75, 3.05) is 32.5 Å². The van der Waals surface area contributed by atoms with E-state index in [2.05, 4.69) is 10.2 Å². The number of ether oxygens (including phenoxy) is 1. The Bertz CT molecular complexity index is 584. The quantitative estimate of drug-likeness (QED) is 0.895. The second-order valence-corrected chi connectivity index (χ2v) is 4.97. The van der Waals surface area contributed by atoms with Gasteiger partial charge < -0.3 is 15.4 Å². The smallest absolute Gasteiger partial charge is 0.266 e. The third-order valence-corrected chi connectivity index (χ3v) is 3.94. The molecule has 2 heterocycles. The summed E-state index contributed by atoms with van der Waals surface area (Å²) in [4.78, 5) is 15.3. The summed E-state index contributed by atoms with van der Waals surface area (Å²) in [5, 5.41) is 8.57. The van der Waals surface area contributed by atoms with Crippen LogP contribution in [0, 0.1) is 0 Å². The van der Waals surface area contributed by atoms with Gasteiger partial charge in [0.25, 0.3) is 5.91 Å². The van der Waals surface area contributed by atoms with Crippen molar-refractivity contribution >= 4 is 33.1 Å². The van der Waals surface area contributed by atoms with Crippen LogP contribution in [0.2, 0.25) is 0 Å². The average molecular weight is 280 g/mol. The van der Waals surface area contributed by atoms with E-state index in [1.807, 2.05) is 6.92 Å². The van der Waals surface area contributed by atoms with Gasteiger partial charge in [-0.1, -0.05) is 0 Å². The number of rotatable bonds is 5. The van der Waals surface area contributed by atoms with Crippen LogP contribution in [0.25, 0.3) is 10.2 Å². The monoisotopic (exact) mass is 280 g/mol. The Hall–Kier alpha value is -1.73. The summed E-state index contributed by atoms with van der Waals surface area (Å²) >= 11 is 1.28. The number of amides is 1. The van der Waals surface area contributed by atoms with Crippen LogP contribution in [0.3, 0.4) is 0 Å². The number of nitrogen functional groups attached to an aromatic ring is 1. The number of anilines is 1. The summed E-state index contributed by atoms with van der Waals surface area (Å²) in [5.41, 5.74) is 6.51. The van der Waals surface area contributed by atoms with Gasteiger partial charge in [0.1, 0.15) is 9.71 Å². The first kappa shape index (κ1) is 13.7. The first-order valence-corrected chi connectivity index (χ1v) is 6.78. The molecule has 7 heteroatoms. The zero-order valence-corrected chi connectivity index (χ0v) is 11.7. The number of hydrogen-bond donors (Lipinski definition) is 1. The molecule has 0 aromatic carbocycles. The van der Waals surface area contributed by atoms with Crippen molar-refractivity contribution in [2.45, 2.75) is 6.92 Å². The molecule has 6 nitrogen and oxygen atoms in total. The van der Waals surface area contributed by atoms with Crippen molar-refractivity contribution in [3.05, 3.63) is 17.1 Å². The van der Waals surface area contributed by atoms with Crippen LogP contribution in [0.15, 0.2) is 12.3 Å². The summed E-state index contributed by atoms with van der Waals surface area (Å²) in [7, 11) is 1.61. The summed E-state index contributed by atoms with van der Waals surface area (Å²) in [6.45, 7) is 3.59. The van der Waals surface area contributed by atoms with E-state index in [1.165, 1.54) is 11.3 Å². The largest absolute Gasteiger partial charge is 0.397 e. The van der Waals surface area contributed by atoms with Crippen molar-refractivity contribution in [1.82, 2.24) is 15.1 Å². The first-order valence-electron chi connectivity index (χ1n) is 5.96. The molecule has 0 saturated carbocycles. The van der Waals surface area contributed by atoms with Crippen molar-refractivity contribution in [1.29, 1.82) is 0 Å². The fourth-order valence-electron chi connectivity index (χ4n) is 1.78. The highest BCUT2D eigenvalue weighted by Crippen LogP contribution is 2.32. The predicted molar refractivity (Wildman–Crippen MR) is 75.3 cm³/mol. The Labute approximate surface area is 115 Å². The third kappa shape index (κ3) is 2.66. The van der Waals surface area contributed by atoms with E-state index >= 15 is 0 Å². The zero-order valence-electron chi connectivity index (χ0n) is 10.9. The van der Waals surface area contributed by atoms with Crippen LogP contribution in [-0.4, -0.2) is 47.8 Å². The fourth-order valence-corrected chi connectivity index (χ4v) is 2.79. The van der Waals surface area contributed by atoms with E-state index in [1.54, 1.807) is 24.3 Å². The highest BCUT2D eigenvalue weighted by molar-refractivity contribution is 7.21. The van der Waals surface area contributed by atoms with Gasteiger partial charge in [-0.05, 0) is 13.0 Å². The molecule has 0 spiro atoms. The number of aromatic nitrogens is 2. The van der Waals surface area contributed by atoms with E-state index in [-0.39, 0.29) is 5.91 Å². The minimum Gasteiger partial charge on any atom is -0.397 e. The van der Waals surface area contributed by atoms with Gasteiger partial charge in [0.15, 0.2) is 0 Å². The molecule has 2 aromatic heterocycles. The Morgan fingerprint density at radius 2 is 2.37 bits per heavy atom. The van der Waals surface area contributed by atoms with Crippen molar-refractivity contribution in [3.63, 3.8) is 0 Å². The maximum absolute atomic E-state index is 12.4. The molecule has 1 amide bonds. The molecule has 0 fully saturated rings. The minimum atomic E-state index is -0.0833. The third-order valence-electron chi connectivity index (χ3n) is 2.85. The van der Waals surface area contributed by atoms with Gasteiger partial charge in [-0.3, -0.25) is 4.79 Å². The molecule has 0 bridgehead atoms. The highest BCUT2D eigenvalue weighted by atomic mass is 32.1. The van der Waals surface area contributed by atoms with Gasteiger partial charge in [0.2, 0.25) is 0 Å². The molecule has 0 aliphatic heterocycles. The van der Waals surface area contributed by atoms with Crippen LogP contribution in [-0.2, 0) is 4.74 Å². The summed E-state index contributed by atoms with van der Waals surface area (Å²) in [6.07, 6.45) is 1.57. The predicted octanol–water partition coefficient (Wildman–Crippen LogP) is 1.38. The van der Waals surface area contributed by atoms with Gasteiger partial charge in [0, 0.05) is 25.6 Å². The Morgan fingerprint density at radius 3 is 3.00 bits per heavy atom. The number of fused-ring (bicyclic) bond motifs is 1. The fraction of sp³-hybridized carbons (Fsp3) is 0.417. The molecule has 2 aromatic rings. The van der Waals surface area contributed by atoms with E-state index in [0.717, 1.165) is 5.39 Å². The van der Waals surface area contributed by atoms with E-state index in [4.69, 9.17) is 10.5 Å². The SMILES string of the molecule is CCN(CCOC)C(=O)c1sc2nnccc2c1N. The molecule has 19 heavy (non-hydrogen) atoms. The number of likely N-dealkylation sites (N-methyl/N-ethyl adjacent to an activating group) is 1. The lowest BCUT2D eigenvalue weighted by Crippen LogP contribution is -2.33. The van der Waals surface area contributed by atoms with Crippen molar-refractivity contribution < 1.29 is 9.53 Å². The van der Waals surface area contributed by atoms with Gasteiger partial charge in [-0.25, -0.2) is 0 Å². The van der Waals surface area contributed by atoms with Gasteiger partial charge in [-0.2, -0.15) is 5.10 Å². The van der Waals surface area contributed by atoms with E-state index in [0.29, 0.717) is 35.1 Å². The summed E-state index contributed by atoms with van der Waals surface area (Å²) in [5.74, 6) is -0.0833. The molecular formula is C12H16N4O2S. The minimum absolute atomic E-state index is 0.0833. The zero-order chi connectivity index (χ0) is 13.8. The molecule has 102 valence electrons. The van der Waals surface area contributed by atoms with Crippen LogP contribution in [0.1, 0.15) is 16.6 Å². The lowest BCUT2D eigenvalue weighted by molar-refractivity contribution is 0.0712. The molecule has 0 saturated heterocycles. The molecule has 2 rings (SSSR count). The molecule has 0 unspecified atom stereocenters. The summed E-state index contributed by atoms with van der Waals surface area (Å²) < 4.78 is 5.01. The van der Waals surface area contributed by atoms with Gasteiger partial charge >= 0.3 is 0 Å². The van der Waals surface area contributed by atoms with E-state index in [9.17, 15) is 4.79 Å². The van der Waals surface area contributed by atoms with Crippen LogP contribution >= 0.6 is 11.3 Å². The molecule has 2 N–H and O–H groups in total. The number of carbonyl (C=O) groups excluding carboxylic acids is 1. The summed E-state index contributed by atoms with van der Waals surface area (Å²) in [6, 6.07) is 1.77. The van der Waals surface area contributed by atoms with E-state index < -0.39 is 0 Å². The highest BCUT2D eigenvalue weighted by Gasteiger charge is 2.21. The normalized spacial score (nSPS) is 10.8. The lowest BCUT2D eigenvalue weighted by Gasteiger charge is -2.19. The topological polar surface area (TPSA) is 81.3 Å². The van der Waals surface area contributed by atoms with Gasteiger partial charge in [0.05, 0.1) is 18.5 Å². The Kier molecular flexibility index (Phi) is 4.28. The Balaban J connectivity index is 2.32. The van der Waals surface area contributed by atoms with Crippen LogP contribution in [0.5, 0.6) is 0 Å². The first-order chi connectivity index (χ1) is 9.19. The van der Waals surface area contributed by atoms with Crippen LogP contribution in [0.4, 0.5) is 5.69 Å². The van der Waals surface area contributed by atoms with Crippen molar-refractivity contribution in [3.8, 4) is 0 Å². The maximum atomic E-state index is 12.4. The van der Waals surface area contributed by atoms with Crippen molar-refractivity contribution in [2.24, 2.45) is 0 Å². The molecular weight excluding hydrogens is 264 g/mol. The maximum Gasteiger partial charge on any atom is 0.266 e. The molecule has 0 radical (unpaired) electrons. The average Bonchev–Trinajstić information content (AvgIpc) is 2.77. The number of methoxy groups -OCH3 is 1. The lowest BCUT2D eigenvalue weighted by atomic mass is 10.2. The number of hydrogen-bond acceptors (Lipinski definition) is 6. The molecule has 0 aliphatic carbocycles.